The van der Waals surface area contributed by atoms with Gasteiger partial charge in [0.2, 0.25) is 0 Å². The normalized spacial score (nSPS) is 18.6. The summed E-state index contributed by atoms with van der Waals surface area (Å²) in [6.07, 6.45) is 5.13. The summed E-state index contributed by atoms with van der Waals surface area (Å²) in [6.45, 7) is 3.28. The van der Waals surface area contributed by atoms with Crippen molar-refractivity contribution in [3.63, 3.8) is 0 Å². The van der Waals surface area contributed by atoms with E-state index in [1.54, 1.807) is 0 Å². The molecule has 1 atom stereocenters. The van der Waals surface area contributed by atoms with E-state index in [9.17, 15) is 0 Å². The zero-order valence-corrected chi connectivity index (χ0v) is 5.92. The van der Waals surface area contributed by atoms with Crippen LogP contribution in [-0.4, -0.2) is 25.2 Å². The Kier molecular flexibility index (Phi) is 2.16. The van der Waals surface area contributed by atoms with Crippen LogP contribution in [0.3, 0.4) is 0 Å². The third kappa shape index (κ3) is 1.66. The number of aliphatic imine (C=N–C) groups is 1. The van der Waals surface area contributed by atoms with Gasteiger partial charge in [-0.1, -0.05) is 5.92 Å². The predicted molar refractivity (Wildman–Crippen MR) is 39.7 cm³/mol. The van der Waals surface area contributed by atoms with E-state index >= 15 is 0 Å². The quantitative estimate of drug-likeness (QED) is 0.517. The van der Waals surface area contributed by atoms with E-state index in [2.05, 4.69) is 16.2 Å². The third-order valence-electron chi connectivity index (χ3n) is 1.18. The average molecular weight is 138 g/mol. The van der Waals surface area contributed by atoms with Crippen LogP contribution >= 0.6 is 0 Å². The summed E-state index contributed by atoms with van der Waals surface area (Å²) in [5.74, 6) is 2.52. The molecule has 0 aromatic heterocycles. The van der Waals surface area contributed by atoms with E-state index in [-0.39, 0.29) is 6.04 Å². The Hall–Kier alpha value is -1.17. The number of ether oxygens (including phenoxy) is 1. The van der Waals surface area contributed by atoms with Gasteiger partial charge in [0.25, 0.3) is 6.02 Å². The highest BCUT2D eigenvalue weighted by Crippen LogP contribution is 1.91. The van der Waals surface area contributed by atoms with E-state index in [4.69, 9.17) is 11.2 Å². The third-order valence-corrected chi connectivity index (χ3v) is 1.18. The van der Waals surface area contributed by atoms with Crippen LogP contribution in [-0.2, 0) is 4.74 Å². The standard InChI is InChI=1S/C7H10N2O/c1-3-6(2)9-7-8-4-5-10-7/h1,6H,4-5H2,2H3,(H,8,9)/t6-/m0/s1. The number of rotatable bonds is 1. The first-order chi connectivity index (χ1) is 4.83. The molecule has 0 fully saturated rings. The van der Waals surface area contributed by atoms with Crippen molar-refractivity contribution in [1.82, 2.24) is 5.32 Å². The first-order valence-corrected chi connectivity index (χ1v) is 3.23. The van der Waals surface area contributed by atoms with Gasteiger partial charge in [0.05, 0.1) is 12.6 Å². The summed E-state index contributed by atoms with van der Waals surface area (Å²) < 4.78 is 5.07. The van der Waals surface area contributed by atoms with Gasteiger partial charge < -0.3 is 10.1 Å². The Balaban J connectivity index is 2.32. The van der Waals surface area contributed by atoms with E-state index in [0.29, 0.717) is 12.6 Å². The van der Waals surface area contributed by atoms with E-state index < -0.39 is 0 Å². The van der Waals surface area contributed by atoms with Crippen molar-refractivity contribution in [2.75, 3.05) is 13.2 Å². The predicted octanol–water partition coefficient (Wildman–Crippen LogP) is -0.0161. The second kappa shape index (κ2) is 3.11. The minimum absolute atomic E-state index is 0.00292. The summed E-state index contributed by atoms with van der Waals surface area (Å²) in [7, 11) is 0. The molecule has 0 saturated carbocycles. The molecule has 1 heterocycles. The zero-order valence-electron chi connectivity index (χ0n) is 5.92. The Labute approximate surface area is 60.5 Å². The SMILES string of the molecule is C#C[C@H](C)NC1=NCCO1. The van der Waals surface area contributed by atoms with Crippen molar-refractivity contribution >= 4 is 6.02 Å². The van der Waals surface area contributed by atoms with E-state index in [1.165, 1.54) is 0 Å². The summed E-state index contributed by atoms with van der Waals surface area (Å²) in [4.78, 5) is 4.01. The van der Waals surface area contributed by atoms with Gasteiger partial charge in [0, 0.05) is 0 Å². The summed E-state index contributed by atoms with van der Waals surface area (Å²) >= 11 is 0. The van der Waals surface area contributed by atoms with Crippen molar-refractivity contribution in [2.45, 2.75) is 13.0 Å². The zero-order chi connectivity index (χ0) is 7.40. The first-order valence-electron chi connectivity index (χ1n) is 3.23. The molecule has 1 aliphatic heterocycles. The smallest absolute Gasteiger partial charge is 0.285 e. The monoisotopic (exact) mass is 138 g/mol. The Morgan fingerprint density at radius 3 is 3.20 bits per heavy atom. The molecule has 0 bridgehead atoms. The van der Waals surface area contributed by atoms with Crippen molar-refractivity contribution in [3.8, 4) is 12.3 Å². The van der Waals surface area contributed by atoms with Crippen LogP contribution in [0.25, 0.3) is 0 Å². The molecule has 1 N–H and O–H groups in total. The van der Waals surface area contributed by atoms with Crippen molar-refractivity contribution in [3.05, 3.63) is 0 Å². The number of hydrogen-bond donors (Lipinski definition) is 1. The van der Waals surface area contributed by atoms with Gasteiger partial charge in [-0.2, -0.15) is 0 Å². The highest BCUT2D eigenvalue weighted by molar-refractivity contribution is 5.75. The highest BCUT2D eigenvalue weighted by atomic mass is 16.5. The fourth-order valence-electron chi connectivity index (χ4n) is 0.649. The minimum atomic E-state index is -0.00292. The van der Waals surface area contributed by atoms with Gasteiger partial charge in [-0.3, -0.25) is 0 Å². The van der Waals surface area contributed by atoms with Crippen molar-refractivity contribution < 1.29 is 4.74 Å². The van der Waals surface area contributed by atoms with Crippen LogP contribution in [0.4, 0.5) is 0 Å². The second-order valence-electron chi connectivity index (χ2n) is 2.07. The van der Waals surface area contributed by atoms with Crippen molar-refractivity contribution in [2.24, 2.45) is 4.99 Å². The molecule has 1 aliphatic rings. The van der Waals surface area contributed by atoms with Gasteiger partial charge in [0.1, 0.15) is 6.61 Å². The van der Waals surface area contributed by atoms with Crippen LogP contribution in [0.1, 0.15) is 6.92 Å². The molecule has 0 amide bonds. The Bertz CT molecular complexity index is 181. The maximum absolute atomic E-state index is 5.13. The van der Waals surface area contributed by atoms with Crippen LogP contribution in [0, 0.1) is 12.3 Å². The molecule has 0 aliphatic carbocycles. The molecule has 1 rings (SSSR count). The van der Waals surface area contributed by atoms with Crippen LogP contribution in [0.15, 0.2) is 4.99 Å². The lowest BCUT2D eigenvalue weighted by molar-refractivity contribution is 0.330. The lowest BCUT2D eigenvalue weighted by Gasteiger charge is -2.06. The van der Waals surface area contributed by atoms with Gasteiger partial charge in [-0.25, -0.2) is 4.99 Å². The van der Waals surface area contributed by atoms with Crippen LogP contribution in [0.5, 0.6) is 0 Å². The second-order valence-corrected chi connectivity index (χ2v) is 2.07. The van der Waals surface area contributed by atoms with Gasteiger partial charge in [-0.15, -0.1) is 6.42 Å². The Morgan fingerprint density at radius 2 is 2.70 bits per heavy atom. The molecule has 0 saturated heterocycles. The maximum atomic E-state index is 5.13. The number of hydrogen-bond acceptors (Lipinski definition) is 3. The molecule has 0 spiro atoms. The molecule has 0 aromatic carbocycles. The van der Waals surface area contributed by atoms with E-state index in [0.717, 1.165) is 6.54 Å². The van der Waals surface area contributed by atoms with E-state index in [1.807, 2.05) is 6.92 Å². The number of nitrogens with one attached hydrogen (secondary N) is 1. The van der Waals surface area contributed by atoms with Crippen LogP contribution in [0.2, 0.25) is 0 Å². The fourth-order valence-corrected chi connectivity index (χ4v) is 0.649. The molecular weight excluding hydrogens is 128 g/mol. The summed E-state index contributed by atoms with van der Waals surface area (Å²) in [5.41, 5.74) is 0. The van der Waals surface area contributed by atoms with Crippen molar-refractivity contribution in [1.29, 1.82) is 0 Å². The Morgan fingerprint density at radius 1 is 1.90 bits per heavy atom. The lowest BCUT2D eigenvalue weighted by Crippen LogP contribution is -2.31. The summed E-state index contributed by atoms with van der Waals surface area (Å²) in [6, 6.07) is 0.572. The molecule has 0 radical (unpaired) electrons. The maximum Gasteiger partial charge on any atom is 0.285 e. The molecular formula is C7H10N2O. The highest BCUT2D eigenvalue weighted by Gasteiger charge is 2.07. The molecule has 54 valence electrons. The fraction of sp³-hybridized carbons (Fsp3) is 0.571. The van der Waals surface area contributed by atoms with Gasteiger partial charge >= 0.3 is 0 Å². The minimum Gasteiger partial charge on any atom is -0.463 e. The molecule has 0 unspecified atom stereocenters. The van der Waals surface area contributed by atoms with Gasteiger partial charge in [0.15, 0.2) is 0 Å². The first kappa shape index (κ1) is 6.94. The number of nitrogens with zero attached hydrogens (tertiary/aromatic N) is 1. The topological polar surface area (TPSA) is 33.6 Å². The number of terminal acetylenes is 1. The summed E-state index contributed by atoms with van der Waals surface area (Å²) in [5, 5.41) is 2.92. The number of amidine groups is 1. The molecule has 3 nitrogen and oxygen atoms in total. The lowest BCUT2D eigenvalue weighted by atomic mass is 10.4. The molecule has 3 heteroatoms. The van der Waals surface area contributed by atoms with Gasteiger partial charge in [-0.05, 0) is 6.92 Å². The molecule has 10 heavy (non-hydrogen) atoms. The van der Waals surface area contributed by atoms with Crippen LogP contribution < -0.4 is 5.32 Å². The average Bonchev–Trinajstić information content (AvgIpc) is 2.40. The largest absolute Gasteiger partial charge is 0.463 e. The molecule has 0 aromatic rings.